The van der Waals surface area contributed by atoms with Gasteiger partial charge in [0.05, 0.1) is 11.2 Å². The standard InChI is InChI=1S/C25H33FN4O2/c1-3-27-10-12-28(13-11-27)23-15-22-19(14-21(23)26)24(31)20(16-30(22)18-7-8-18)25(32)29-9-5-4-6-17(29)2/h14-18H,3-13H2,1-2H3/t17-/m0/s1. The molecule has 2 saturated heterocycles. The van der Waals surface area contributed by atoms with Crippen molar-refractivity contribution in [2.75, 3.05) is 44.2 Å². The highest BCUT2D eigenvalue weighted by molar-refractivity contribution is 5.98. The molecule has 3 aliphatic rings. The van der Waals surface area contributed by atoms with Gasteiger partial charge in [0.15, 0.2) is 0 Å². The molecule has 0 bridgehead atoms. The van der Waals surface area contributed by atoms with Gasteiger partial charge in [0.2, 0.25) is 5.43 Å². The van der Waals surface area contributed by atoms with Gasteiger partial charge in [-0.15, -0.1) is 0 Å². The van der Waals surface area contributed by atoms with E-state index in [0.29, 0.717) is 17.6 Å². The van der Waals surface area contributed by atoms with E-state index in [-0.39, 0.29) is 34.8 Å². The number of carbonyl (C=O) groups is 1. The Morgan fingerprint density at radius 2 is 1.81 bits per heavy atom. The fraction of sp³-hybridized carbons (Fsp3) is 0.600. The Kier molecular flexibility index (Phi) is 5.70. The van der Waals surface area contributed by atoms with Gasteiger partial charge in [-0.3, -0.25) is 9.59 Å². The molecular formula is C25H33FN4O2. The fourth-order valence-electron chi connectivity index (χ4n) is 5.27. The Morgan fingerprint density at radius 3 is 2.47 bits per heavy atom. The van der Waals surface area contributed by atoms with Crippen LogP contribution in [0.4, 0.5) is 10.1 Å². The smallest absolute Gasteiger partial charge is 0.259 e. The van der Waals surface area contributed by atoms with Crippen LogP contribution in [0.5, 0.6) is 0 Å². The maximum atomic E-state index is 15.3. The summed E-state index contributed by atoms with van der Waals surface area (Å²) < 4.78 is 17.3. The van der Waals surface area contributed by atoms with E-state index in [1.807, 2.05) is 17.9 Å². The molecule has 2 aliphatic heterocycles. The van der Waals surface area contributed by atoms with Crippen molar-refractivity contribution in [2.45, 2.75) is 58.0 Å². The summed E-state index contributed by atoms with van der Waals surface area (Å²) in [7, 11) is 0. The van der Waals surface area contributed by atoms with Gasteiger partial charge in [0, 0.05) is 56.4 Å². The molecule has 0 unspecified atom stereocenters. The van der Waals surface area contributed by atoms with Crippen molar-refractivity contribution in [1.29, 1.82) is 0 Å². The number of pyridine rings is 1. The average Bonchev–Trinajstić information content (AvgIpc) is 3.65. The zero-order chi connectivity index (χ0) is 22.4. The van der Waals surface area contributed by atoms with Crippen LogP contribution in [-0.2, 0) is 0 Å². The number of aromatic nitrogens is 1. The fourth-order valence-corrected chi connectivity index (χ4v) is 5.27. The minimum absolute atomic E-state index is 0.127. The number of likely N-dealkylation sites (tertiary alicyclic amines) is 1. The molecule has 1 saturated carbocycles. The normalized spacial score (nSPS) is 22.5. The second-order valence-electron chi connectivity index (χ2n) is 9.60. The molecule has 2 aromatic rings. The Morgan fingerprint density at radius 1 is 1.06 bits per heavy atom. The van der Waals surface area contributed by atoms with Crippen LogP contribution in [0, 0.1) is 5.82 Å². The molecule has 6 nitrogen and oxygen atoms in total. The van der Waals surface area contributed by atoms with Crippen molar-refractivity contribution in [3.8, 4) is 0 Å². The first-order chi connectivity index (χ1) is 15.5. The van der Waals surface area contributed by atoms with Crippen molar-refractivity contribution in [3.05, 3.63) is 39.9 Å². The van der Waals surface area contributed by atoms with Crippen LogP contribution < -0.4 is 10.3 Å². The minimum Gasteiger partial charge on any atom is -0.367 e. The minimum atomic E-state index is -0.377. The van der Waals surface area contributed by atoms with Gasteiger partial charge in [-0.25, -0.2) is 4.39 Å². The third kappa shape index (κ3) is 3.81. The van der Waals surface area contributed by atoms with Crippen LogP contribution in [0.15, 0.2) is 23.1 Å². The number of hydrogen-bond donors (Lipinski definition) is 0. The Hall–Kier alpha value is -2.41. The van der Waals surface area contributed by atoms with E-state index in [2.05, 4.69) is 21.3 Å². The first-order valence-corrected chi connectivity index (χ1v) is 12.1. The van der Waals surface area contributed by atoms with E-state index in [0.717, 1.165) is 70.3 Å². The van der Waals surface area contributed by atoms with Gasteiger partial charge in [-0.1, -0.05) is 6.92 Å². The van der Waals surface area contributed by atoms with E-state index in [1.165, 1.54) is 6.07 Å². The largest absolute Gasteiger partial charge is 0.367 e. The number of benzene rings is 1. The van der Waals surface area contributed by atoms with Gasteiger partial charge in [0.25, 0.3) is 5.91 Å². The predicted molar refractivity (Wildman–Crippen MR) is 125 cm³/mol. The summed E-state index contributed by atoms with van der Waals surface area (Å²) in [6.07, 6.45) is 6.82. The van der Waals surface area contributed by atoms with Gasteiger partial charge >= 0.3 is 0 Å². The summed E-state index contributed by atoms with van der Waals surface area (Å²) in [4.78, 5) is 33.0. The quantitative estimate of drug-likeness (QED) is 0.729. The second-order valence-corrected chi connectivity index (χ2v) is 9.60. The Labute approximate surface area is 188 Å². The molecule has 7 heteroatoms. The molecule has 0 radical (unpaired) electrons. The summed E-state index contributed by atoms with van der Waals surface area (Å²) in [5.74, 6) is -0.587. The van der Waals surface area contributed by atoms with Crippen molar-refractivity contribution >= 4 is 22.5 Å². The number of carbonyl (C=O) groups excluding carboxylic acids is 1. The molecule has 1 aromatic heterocycles. The highest BCUT2D eigenvalue weighted by Gasteiger charge is 2.31. The number of halogens is 1. The summed E-state index contributed by atoms with van der Waals surface area (Å²) in [5, 5.41) is 0.320. The lowest BCUT2D eigenvalue weighted by Crippen LogP contribution is -2.46. The lowest BCUT2D eigenvalue weighted by Gasteiger charge is -2.36. The van der Waals surface area contributed by atoms with Crippen molar-refractivity contribution in [2.24, 2.45) is 0 Å². The monoisotopic (exact) mass is 440 g/mol. The van der Waals surface area contributed by atoms with Crippen LogP contribution >= 0.6 is 0 Å². The molecule has 0 N–H and O–H groups in total. The highest BCUT2D eigenvalue weighted by atomic mass is 19.1. The summed E-state index contributed by atoms with van der Waals surface area (Å²) in [6.45, 7) is 9.22. The second kappa shape index (κ2) is 8.50. The predicted octanol–water partition coefficient (Wildman–Crippen LogP) is 3.63. The van der Waals surface area contributed by atoms with Crippen LogP contribution in [0.25, 0.3) is 10.9 Å². The van der Waals surface area contributed by atoms with Crippen LogP contribution in [0.1, 0.15) is 62.4 Å². The molecule has 1 amide bonds. The van der Waals surface area contributed by atoms with Gasteiger partial charge < -0.3 is 19.3 Å². The number of piperazine rings is 1. The number of hydrogen-bond acceptors (Lipinski definition) is 4. The van der Waals surface area contributed by atoms with Gasteiger partial charge in [-0.05, 0) is 57.7 Å². The number of amides is 1. The Balaban J connectivity index is 1.57. The number of anilines is 1. The lowest BCUT2D eigenvalue weighted by atomic mass is 10.0. The number of piperidine rings is 1. The number of likely N-dealkylation sites (N-methyl/N-ethyl adjacent to an activating group) is 1. The zero-order valence-corrected chi connectivity index (χ0v) is 19.1. The topological polar surface area (TPSA) is 48.8 Å². The summed E-state index contributed by atoms with van der Waals surface area (Å²) in [6, 6.07) is 3.61. The molecule has 32 heavy (non-hydrogen) atoms. The average molecular weight is 441 g/mol. The van der Waals surface area contributed by atoms with Gasteiger partial charge in [0.1, 0.15) is 11.4 Å². The molecule has 0 spiro atoms. The first kappa shape index (κ1) is 21.4. The van der Waals surface area contributed by atoms with Crippen LogP contribution in [0.3, 0.4) is 0 Å². The molecule has 1 atom stereocenters. The molecular weight excluding hydrogens is 407 g/mol. The molecule has 3 fully saturated rings. The summed E-state index contributed by atoms with van der Waals surface area (Å²) >= 11 is 0. The lowest BCUT2D eigenvalue weighted by molar-refractivity contribution is 0.0633. The van der Waals surface area contributed by atoms with E-state index < -0.39 is 0 Å². The number of nitrogens with zero attached hydrogens (tertiary/aromatic N) is 4. The molecule has 5 rings (SSSR count). The maximum Gasteiger partial charge on any atom is 0.259 e. The number of rotatable bonds is 4. The van der Waals surface area contributed by atoms with E-state index in [1.54, 1.807) is 6.20 Å². The van der Waals surface area contributed by atoms with E-state index >= 15 is 4.39 Å². The maximum absolute atomic E-state index is 15.3. The Bertz CT molecular complexity index is 1090. The SMILES string of the molecule is CCN1CCN(c2cc3c(cc2F)c(=O)c(C(=O)N2CCCC[C@@H]2C)cn3C2CC2)CC1. The van der Waals surface area contributed by atoms with Crippen molar-refractivity contribution in [1.82, 2.24) is 14.4 Å². The molecule has 1 aromatic carbocycles. The summed E-state index contributed by atoms with van der Waals surface area (Å²) in [5.41, 5.74) is 1.14. The highest BCUT2D eigenvalue weighted by Crippen LogP contribution is 2.38. The molecule has 1 aliphatic carbocycles. The van der Waals surface area contributed by atoms with Crippen LogP contribution in [-0.4, -0.2) is 65.6 Å². The number of fused-ring (bicyclic) bond motifs is 1. The molecule has 172 valence electrons. The van der Waals surface area contributed by atoms with E-state index in [9.17, 15) is 9.59 Å². The van der Waals surface area contributed by atoms with Gasteiger partial charge in [-0.2, -0.15) is 0 Å². The third-order valence-corrected chi connectivity index (χ3v) is 7.50. The van der Waals surface area contributed by atoms with Crippen molar-refractivity contribution in [3.63, 3.8) is 0 Å². The zero-order valence-electron chi connectivity index (χ0n) is 19.1. The third-order valence-electron chi connectivity index (χ3n) is 7.50. The van der Waals surface area contributed by atoms with Crippen molar-refractivity contribution < 1.29 is 9.18 Å². The molecule has 3 heterocycles. The first-order valence-electron chi connectivity index (χ1n) is 12.1. The van der Waals surface area contributed by atoms with Crippen LogP contribution in [0.2, 0.25) is 0 Å². The van der Waals surface area contributed by atoms with E-state index in [4.69, 9.17) is 0 Å².